The van der Waals surface area contributed by atoms with Crippen LogP contribution in [0.15, 0.2) is 18.2 Å². The third-order valence-electron chi connectivity index (χ3n) is 3.24. The van der Waals surface area contributed by atoms with Gasteiger partial charge in [-0.2, -0.15) is 0 Å². The van der Waals surface area contributed by atoms with E-state index in [0.717, 1.165) is 0 Å². The number of anilines is 2. The van der Waals surface area contributed by atoms with Gasteiger partial charge in [0.15, 0.2) is 9.84 Å². The molecule has 4 N–H and O–H groups in total. The highest BCUT2D eigenvalue weighted by Gasteiger charge is 2.28. The summed E-state index contributed by atoms with van der Waals surface area (Å²) >= 11 is 0. The van der Waals surface area contributed by atoms with Gasteiger partial charge in [-0.05, 0) is 31.5 Å². The van der Waals surface area contributed by atoms with E-state index in [1.165, 1.54) is 0 Å². The molecule has 1 aliphatic rings. The number of rotatable bonds is 4. The Morgan fingerprint density at radius 1 is 1.45 bits per heavy atom. The summed E-state index contributed by atoms with van der Waals surface area (Å²) in [7, 11) is -2.92. The molecular formula is C13H19N3O3S. The summed E-state index contributed by atoms with van der Waals surface area (Å²) < 4.78 is 22.8. The van der Waals surface area contributed by atoms with Crippen molar-refractivity contribution >= 4 is 27.1 Å². The van der Waals surface area contributed by atoms with Crippen LogP contribution < -0.4 is 16.4 Å². The molecule has 7 heteroatoms. The summed E-state index contributed by atoms with van der Waals surface area (Å²) in [4.78, 5) is 11.7. The lowest BCUT2D eigenvalue weighted by Gasteiger charge is -2.15. The average Bonchev–Trinajstić information content (AvgIpc) is 2.71. The molecule has 2 rings (SSSR count). The quantitative estimate of drug-likeness (QED) is 0.707. The second kappa shape index (κ2) is 5.70. The van der Waals surface area contributed by atoms with E-state index in [1.807, 2.05) is 6.92 Å². The van der Waals surface area contributed by atoms with Gasteiger partial charge in [0.2, 0.25) is 0 Å². The van der Waals surface area contributed by atoms with Crippen LogP contribution in [0.3, 0.4) is 0 Å². The van der Waals surface area contributed by atoms with Gasteiger partial charge >= 0.3 is 0 Å². The predicted molar refractivity (Wildman–Crippen MR) is 79.5 cm³/mol. The molecule has 0 bridgehead atoms. The van der Waals surface area contributed by atoms with Crippen molar-refractivity contribution in [3.63, 3.8) is 0 Å². The minimum Gasteiger partial charge on any atom is -0.397 e. The molecule has 1 aliphatic heterocycles. The molecule has 110 valence electrons. The lowest BCUT2D eigenvalue weighted by atomic mass is 10.1. The number of amides is 1. The smallest absolute Gasteiger partial charge is 0.251 e. The number of nitrogens with one attached hydrogen (secondary N) is 2. The first-order valence-corrected chi connectivity index (χ1v) is 8.38. The van der Waals surface area contributed by atoms with E-state index in [-0.39, 0.29) is 23.5 Å². The Labute approximate surface area is 118 Å². The molecule has 0 aromatic heterocycles. The number of sulfone groups is 1. The van der Waals surface area contributed by atoms with Gasteiger partial charge in [0.25, 0.3) is 5.91 Å². The summed E-state index contributed by atoms with van der Waals surface area (Å²) in [6.45, 7) is 2.40. The zero-order valence-electron chi connectivity index (χ0n) is 11.3. The molecule has 1 fully saturated rings. The number of hydrogen-bond acceptors (Lipinski definition) is 5. The number of nitrogen functional groups attached to an aromatic ring is 1. The van der Waals surface area contributed by atoms with Crippen LogP contribution in [0, 0.1) is 0 Å². The minimum absolute atomic E-state index is 0.113. The maximum Gasteiger partial charge on any atom is 0.251 e. The maximum atomic E-state index is 11.7. The van der Waals surface area contributed by atoms with Crippen LogP contribution in [-0.2, 0) is 9.84 Å². The molecule has 0 aliphatic carbocycles. The number of benzene rings is 1. The molecule has 0 radical (unpaired) electrons. The molecule has 20 heavy (non-hydrogen) atoms. The van der Waals surface area contributed by atoms with Gasteiger partial charge in [0.05, 0.1) is 22.9 Å². The van der Waals surface area contributed by atoms with Crippen LogP contribution in [0.4, 0.5) is 11.4 Å². The van der Waals surface area contributed by atoms with Crippen LogP contribution in [0.5, 0.6) is 0 Å². The lowest BCUT2D eigenvalue weighted by molar-refractivity contribution is 0.0956. The third-order valence-corrected chi connectivity index (χ3v) is 5.01. The van der Waals surface area contributed by atoms with E-state index in [2.05, 4.69) is 10.6 Å². The Hall–Kier alpha value is -1.76. The van der Waals surface area contributed by atoms with Crippen LogP contribution >= 0.6 is 0 Å². The molecule has 0 saturated carbocycles. The monoisotopic (exact) mass is 297 g/mol. The van der Waals surface area contributed by atoms with E-state index in [0.29, 0.717) is 29.9 Å². The standard InChI is InChI=1S/C13H19N3O3S/c1-2-15-13(17)9-3-4-12(11(14)7-9)16-10-5-6-20(18,19)8-10/h3-4,7,10,16H,2,5-6,8,14H2,1H3,(H,15,17). The van der Waals surface area contributed by atoms with Gasteiger partial charge < -0.3 is 16.4 Å². The van der Waals surface area contributed by atoms with Gasteiger partial charge in [-0.25, -0.2) is 8.42 Å². The first-order chi connectivity index (χ1) is 9.41. The highest BCUT2D eigenvalue weighted by Crippen LogP contribution is 2.24. The van der Waals surface area contributed by atoms with Crippen molar-refractivity contribution in [3.8, 4) is 0 Å². The van der Waals surface area contributed by atoms with Gasteiger partial charge in [-0.15, -0.1) is 0 Å². The number of nitrogens with two attached hydrogens (primary N) is 1. The van der Waals surface area contributed by atoms with E-state index < -0.39 is 9.84 Å². The maximum absolute atomic E-state index is 11.7. The lowest BCUT2D eigenvalue weighted by Crippen LogP contribution is -2.23. The Kier molecular flexibility index (Phi) is 4.17. The first-order valence-electron chi connectivity index (χ1n) is 6.56. The van der Waals surface area contributed by atoms with Crippen molar-refractivity contribution in [3.05, 3.63) is 23.8 Å². The van der Waals surface area contributed by atoms with Crippen LogP contribution in [0.1, 0.15) is 23.7 Å². The Morgan fingerprint density at radius 3 is 2.75 bits per heavy atom. The van der Waals surface area contributed by atoms with E-state index in [1.54, 1.807) is 18.2 Å². The highest BCUT2D eigenvalue weighted by molar-refractivity contribution is 7.91. The molecule has 1 aromatic rings. The van der Waals surface area contributed by atoms with Gasteiger partial charge in [0.1, 0.15) is 0 Å². The number of hydrogen-bond donors (Lipinski definition) is 3. The third kappa shape index (κ3) is 3.41. The molecular weight excluding hydrogens is 278 g/mol. The largest absolute Gasteiger partial charge is 0.397 e. The number of carbonyl (C=O) groups is 1. The van der Waals surface area contributed by atoms with Crippen molar-refractivity contribution in [1.82, 2.24) is 5.32 Å². The summed E-state index contributed by atoms with van der Waals surface area (Å²) in [5.41, 5.74) is 7.51. The Bertz CT molecular complexity index is 613. The Balaban J connectivity index is 2.09. The molecule has 1 unspecified atom stereocenters. The fraction of sp³-hybridized carbons (Fsp3) is 0.462. The second-order valence-corrected chi connectivity index (χ2v) is 7.13. The summed E-state index contributed by atoms with van der Waals surface area (Å²) in [6, 6.07) is 4.87. The second-order valence-electron chi connectivity index (χ2n) is 4.91. The van der Waals surface area contributed by atoms with Crippen LogP contribution in [0.25, 0.3) is 0 Å². The van der Waals surface area contributed by atoms with E-state index in [9.17, 15) is 13.2 Å². The Morgan fingerprint density at radius 2 is 2.20 bits per heavy atom. The van der Waals surface area contributed by atoms with Crippen molar-refractivity contribution in [2.75, 3.05) is 29.1 Å². The summed E-state index contributed by atoms with van der Waals surface area (Å²) in [5.74, 6) is 0.167. The summed E-state index contributed by atoms with van der Waals surface area (Å²) in [5, 5.41) is 5.83. The molecule has 0 spiro atoms. The number of carbonyl (C=O) groups excluding carboxylic acids is 1. The van der Waals surface area contributed by atoms with Gasteiger partial charge in [0, 0.05) is 18.2 Å². The predicted octanol–water partition coefficient (Wildman–Crippen LogP) is 0.618. The molecule has 1 amide bonds. The van der Waals surface area contributed by atoms with Crippen LogP contribution in [0.2, 0.25) is 0 Å². The fourth-order valence-electron chi connectivity index (χ4n) is 2.23. The van der Waals surface area contributed by atoms with E-state index >= 15 is 0 Å². The van der Waals surface area contributed by atoms with Gasteiger partial charge in [-0.3, -0.25) is 4.79 Å². The van der Waals surface area contributed by atoms with Crippen LogP contribution in [-0.4, -0.2) is 38.4 Å². The molecule has 1 aromatic carbocycles. The highest BCUT2D eigenvalue weighted by atomic mass is 32.2. The SMILES string of the molecule is CCNC(=O)c1ccc(NC2CCS(=O)(=O)C2)c(N)c1. The minimum atomic E-state index is -2.92. The molecule has 1 atom stereocenters. The zero-order valence-corrected chi connectivity index (χ0v) is 12.2. The topological polar surface area (TPSA) is 101 Å². The molecule has 6 nitrogen and oxygen atoms in total. The zero-order chi connectivity index (χ0) is 14.8. The molecule has 1 saturated heterocycles. The summed E-state index contributed by atoms with van der Waals surface area (Å²) in [6.07, 6.45) is 0.583. The van der Waals surface area contributed by atoms with Gasteiger partial charge in [-0.1, -0.05) is 0 Å². The normalized spacial score (nSPS) is 20.6. The van der Waals surface area contributed by atoms with E-state index in [4.69, 9.17) is 5.73 Å². The van der Waals surface area contributed by atoms with Crippen molar-refractivity contribution < 1.29 is 13.2 Å². The average molecular weight is 297 g/mol. The first kappa shape index (κ1) is 14.6. The molecule has 1 heterocycles. The van der Waals surface area contributed by atoms with Crippen molar-refractivity contribution in [2.24, 2.45) is 0 Å². The fourth-order valence-corrected chi connectivity index (χ4v) is 3.90. The van der Waals surface area contributed by atoms with Crippen molar-refractivity contribution in [1.29, 1.82) is 0 Å². The van der Waals surface area contributed by atoms with Crippen molar-refractivity contribution in [2.45, 2.75) is 19.4 Å².